The molecule has 0 aromatic rings. The van der Waals surface area contributed by atoms with Gasteiger partial charge in [0.2, 0.25) is 0 Å². The van der Waals surface area contributed by atoms with Crippen molar-refractivity contribution >= 4 is 0 Å². The van der Waals surface area contributed by atoms with E-state index in [9.17, 15) is 0 Å². The second-order valence-electron chi connectivity index (χ2n) is 0.585. The quantitative estimate of drug-likeness (QED) is 0.440. The third kappa shape index (κ3) is 47.9. The van der Waals surface area contributed by atoms with Gasteiger partial charge in [0.1, 0.15) is 0 Å². The summed E-state index contributed by atoms with van der Waals surface area (Å²) in [5.74, 6) is 0. The molecule has 0 aliphatic rings. The van der Waals surface area contributed by atoms with E-state index in [0.29, 0.717) is 0 Å². The van der Waals surface area contributed by atoms with Gasteiger partial charge in [-0.05, 0) is 7.11 Å². The molecule has 11 heavy (non-hydrogen) atoms. The molecule has 0 aliphatic carbocycles. The van der Waals surface area contributed by atoms with E-state index >= 15 is 0 Å². The van der Waals surface area contributed by atoms with E-state index in [1.807, 2.05) is 0 Å². The van der Waals surface area contributed by atoms with Crippen molar-refractivity contribution in [3.05, 3.63) is 6.61 Å². The third-order valence-electron chi connectivity index (χ3n) is 0.241. The first-order valence-electron chi connectivity index (χ1n) is 1.37. The van der Waals surface area contributed by atoms with Crippen LogP contribution in [0.5, 0.6) is 0 Å². The van der Waals surface area contributed by atoms with Crippen LogP contribution in [-0.4, -0.2) is 18.8 Å². The van der Waals surface area contributed by atoms with Crippen LogP contribution in [0, 0.1) is 6.61 Å². The Labute approximate surface area is 220 Å². The SMILES string of the molecule is CO[CH-]CO.[Y].[Y].[Y].[Y].[Y].[Y]. The predicted octanol–water partition coefficient (Wildman–Crippen LogP) is -0.228. The second kappa shape index (κ2) is 43.9. The van der Waals surface area contributed by atoms with E-state index in [2.05, 4.69) is 4.74 Å². The van der Waals surface area contributed by atoms with Gasteiger partial charge >= 0.3 is 0 Å². The minimum Gasteiger partial charge on any atom is -0.552 e. The summed E-state index contributed by atoms with van der Waals surface area (Å²) in [5, 5.41) is 7.89. The minimum absolute atomic E-state index is 0. The van der Waals surface area contributed by atoms with Crippen LogP contribution < -0.4 is 0 Å². The Morgan fingerprint density at radius 3 is 1.27 bits per heavy atom. The van der Waals surface area contributed by atoms with Crippen LogP contribution in [0.15, 0.2) is 0 Å². The number of ether oxygens (including phenoxy) is 1. The Hall–Kier alpha value is 6.54. The molecule has 0 unspecified atom stereocenters. The Kier molecular flexibility index (Phi) is 172. The Balaban J connectivity index is -0.00000000533. The van der Waals surface area contributed by atoms with Crippen LogP contribution >= 0.6 is 0 Å². The number of aliphatic hydroxyl groups excluding tert-OH is 1. The van der Waals surface area contributed by atoms with Crippen LogP contribution in [0.1, 0.15) is 0 Å². The van der Waals surface area contributed by atoms with Crippen molar-refractivity contribution in [2.24, 2.45) is 0 Å². The smallest absolute Gasteiger partial charge is 0 e. The molecule has 50 valence electrons. The molecule has 2 nitrogen and oxygen atoms in total. The second-order valence-corrected chi connectivity index (χ2v) is 0.585. The van der Waals surface area contributed by atoms with Gasteiger partial charge < -0.3 is 9.84 Å². The summed E-state index contributed by atoms with van der Waals surface area (Å²) in [6, 6.07) is 0. The van der Waals surface area contributed by atoms with Crippen LogP contribution in [-0.2, 0) is 201 Å². The zero-order chi connectivity index (χ0) is 4.12. The molecule has 0 heterocycles. The standard InChI is InChI=1S/C3H7O2.6Y/c1-5-3-2-4;;;;;;/h3-4H,2H2,1H3;;;;;;/q-1;;;;;;. The Morgan fingerprint density at radius 2 is 1.27 bits per heavy atom. The van der Waals surface area contributed by atoms with Gasteiger partial charge in [-0.1, -0.05) is 6.61 Å². The largest absolute Gasteiger partial charge is 0.552 e. The minimum atomic E-state index is -0.00347. The molecule has 0 bridgehead atoms. The summed E-state index contributed by atoms with van der Waals surface area (Å²) >= 11 is 0. The monoisotopic (exact) mass is 608 g/mol. The van der Waals surface area contributed by atoms with E-state index in [-0.39, 0.29) is 203 Å². The van der Waals surface area contributed by atoms with Crippen LogP contribution in [0.3, 0.4) is 0 Å². The molecular weight excluding hydrogens is 601 g/mol. The van der Waals surface area contributed by atoms with Gasteiger partial charge in [-0.2, -0.15) is 6.61 Å². The summed E-state index contributed by atoms with van der Waals surface area (Å²) in [5.41, 5.74) is 0. The zero-order valence-corrected chi connectivity index (χ0v) is 23.6. The first-order chi connectivity index (χ1) is 2.41. The third-order valence-corrected chi connectivity index (χ3v) is 0.241. The fourth-order valence-electron chi connectivity index (χ4n) is 0.0745. The summed E-state index contributed by atoms with van der Waals surface area (Å²) in [7, 11) is 1.50. The maximum atomic E-state index is 7.89. The van der Waals surface area contributed by atoms with E-state index in [1.54, 1.807) is 0 Å². The molecule has 1 N–H and O–H groups in total. The van der Waals surface area contributed by atoms with E-state index in [4.69, 9.17) is 5.11 Å². The van der Waals surface area contributed by atoms with Gasteiger partial charge in [0.05, 0.1) is 0 Å². The van der Waals surface area contributed by atoms with Crippen LogP contribution in [0.2, 0.25) is 0 Å². The average molecular weight is 609 g/mol. The number of hydrogen-bond acceptors (Lipinski definition) is 2. The molecule has 0 aromatic heterocycles. The first-order valence-corrected chi connectivity index (χ1v) is 1.37. The maximum absolute atomic E-state index is 7.89. The van der Waals surface area contributed by atoms with Gasteiger partial charge in [0, 0.05) is 196 Å². The van der Waals surface area contributed by atoms with Crippen molar-refractivity contribution in [1.29, 1.82) is 0 Å². The molecule has 0 fully saturated rings. The Morgan fingerprint density at radius 1 is 1.00 bits per heavy atom. The van der Waals surface area contributed by atoms with Crippen molar-refractivity contribution in [2.45, 2.75) is 0 Å². The molecule has 6 radical (unpaired) electrons. The van der Waals surface area contributed by atoms with Crippen LogP contribution in [0.4, 0.5) is 0 Å². The summed E-state index contributed by atoms with van der Waals surface area (Å²) in [6.07, 6.45) is 0. The molecule has 0 aliphatic heterocycles. The molecule has 0 aromatic carbocycles. The summed E-state index contributed by atoms with van der Waals surface area (Å²) in [4.78, 5) is 0. The van der Waals surface area contributed by atoms with Gasteiger partial charge in [-0.15, -0.1) is 0 Å². The molecule has 0 amide bonds. The average Bonchev–Trinajstić information content (AvgIpc) is 1.41. The topological polar surface area (TPSA) is 29.5 Å². The van der Waals surface area contributed by atoms with E-state index in [0.717, 1.165) is 0 Å². The molecule has 0 saturated heterocycles. The molecular formula is C3H7O2Y6-. The zero-order valence-electron chi connectivity index (χ0n) is 6.60. The number of aliphatic hydroxyl groups is 1. The Bertz CT molecular complexity index is 23.3. The van der Waals surface area contributed by atoms with Gasteiger partial charge in [0.25, 0.3) is 0 Å². The van der Waals surface area contributed by atoms with Crippen molar-refractivity contribution in [3.8, 4) is 0 Å². The molecule has 0 rings (SSSR count). The first kappa shape index (κ1) is 43.2. The molecule has 0 atom stereocenters. The summed E-state index contributed by atoms with van der Waals surface area (Å²) in [6.45, 7) is 1.30. The van der Waals surface area contributed by atoms with Crippen molar-refractivity contribution in [2.75, 3.05) is 13.7 Å². The van der Waals surface area contributed by atoms with E-state index < -0.39 is 0 Å². The predicted molar refractivity (Wildman–Crippen MR) is 18.4 cm³/mol. The molecule has 0 saturated carbocycles. The number of hydrogen-bond donors (Lipinski definition) is 1. The van der Waals surface area contributed by atoms with Crippen molar-refractivity contribution < 1.29 is 206 Å². The number of methoxy groups -OCH3 is 1. The molecule has 0 spiro atoms. The van der Waals surface area contributed by atoms with Gasteiger partial charge in [-0.3, -0.25) is 0 Å². The van der Waals surface area contributed by atoms with Crippen molar-refractivity contribution in [3.63, 3.8) is 0 Å². The maximum Gasteiger partial charge on any atom is 0 e. The normalized spacial score (nSPS) is 3.82. The number of rotatable bonds is 2. The van der Waals surface area contributed by atoms with Gasteiger partial charge in [-0.25, -0.2) is 0 Å². The van der Waals surface area contributed by atoms with E-state index in [1.165, 1.54) is 13.7 Å². The fourth-order valence-corrected chi connectivity index (χ4v) is 0.0745. The fraction of sp³-hybridized carbons (Fsp3) is 0.667. The van der Waals surface area contributed by atoms with Crippen LogP contribution in [0.25, 0.3) is 0 Å². The van der Waals surface area contributed by atoms with Gasteiger partial charge in [0.15, 0.2) is 0 Å². The van der Waals surface area contributed by atoms with Crippen molar-refractivity contribution in [1.82, 2.24) is 0 Å². The molecule has 8 heteroatoms. The summed E-state index contributed by atoms with van der Waals surface area (Å²) < 4.78 is 4.32.